The summed E-state index contributed by atoms with van der Waals surface area (Å²) in [6.45, 7) is 6.08. The third-order valence-corrected chi connectivity index (χ3v) is 2.53. The number of hydrogen-bond acceptors (Lipinski definition) is 3. The molecule has 0 radical (unpaired) electrons. The number of aryl methyl sites for hydroxylation is 2. The van der Waals surface area contributed by atoms with Crippen LogP contribution in [0.15, 0.2) is 23.0 Å². The molecule has 0 aliphatic heterocycles. The van der Waals surface area contributed by atoms with Crippen LogP contribution >= 0.6 is 0 Å². The lowest BCUT2D eigenvalue weighted by atomic mass is 10.1. The van der Waals surface area contributed by atoms with Crippen LogP contribution in [0.2, 0.25) is 0 Å². The van der Waals surface area contributed by atoms with Gasteiger partial charge >= 0.3 is 0 Å². The highest BCUT2D eigenvalue weighted by Gasteiger charge is 2.11. The van der Waals surface area contributed by atoms with Gasteiger partial charge in [0.05, 0.1) is 35.6 Å². The van der Waals surface area contributed by atoms with Gasteiger partial charge in [0.15, 0.2) is 0 Å². The number of anilines is 1. The van der Waals surface area contributed by atoms with Crippen LogP contribution in [0.3, 0.4) is 0 Å². The first-order chi connectivity index (χ1) is 7.18. The average molecular weight is 205 g/mol. The van der Waals surface area contributed by atoms with Crippen molar-refractivity contribution < 1.29 is 4.42 Å². The van der Waals surface area contributed by atoms with E-state index in [0.717, 1.165) is 22.6 Å². The number of nitrogens with one attached hydrogen (secondary N) is 2. The van der Waals surface area contributed by atoms with Gasteiger partial charge in [-0.2, -0.15) is 5.10 Å². The second-order valence-corrected chi connectivity index (χ2v) is 3.73. The first-order valence-electron chi connectivity index (χ1n) is 4.98. The molecule has 0 aromatic carbocycles. The molecule has 2 aromatic rings. The predicted molar refractivity (Wildman–Crippen MR) is 58.8 cm³/mol. The Bertz CT molecular complexity index is 411. The molecule has 0 amide bonds. The summed E-state index contributed by atoms with van der Waals surface area (Å²) in [6.07, 6.45) is 3.44. The fourth-order valence-electron chi connectivity index (χ4n) is 1.58. The van der Waals surface area contributed by atoms with Crippen molar-refractivity contribution in [3.8, 4) is 0 Å². The number of hydrogen-bond donors (Lipinski definition) is 2. The zero-order chi connectivity index (χ0) is 10.8. The number of H-pyrrole nitrogens is 1. The molecule has 4 heteroatoms. The second kappa shape index (κ2) is 3.81. The summed E-state index contributed by atoms with van der Waals surface area (Å²) < 4.78 is 5.05. The minimum atomic E-state index is 0.221. The standard InChI is InChI=1S/C11H15N3O/c1-7(10-4-5-15-6-10)12-11-8(2)13-14-9(11)3/h4-7,12H,1-3H3,(H,13,14). The van der Waals surface area contributed by atoms with Crippen molar-refractivity contribution in [2.75, 3.05) is 5.32 Å². The van der Waals surface area contributed by atoms with Gasteiger partial charge in [-0.3, -0.25) is 5.10 Å². The van der Waals surface area contributed by atoms with Gasteiger partial charge in [-0.15, -0.1) is 0 Å². The Morgan fingerprint density at radius 2 is 2.27 bits per heavy atom. The molecule has 2 aromatic heterocycles. The van der Waals surface area contributed by atoms with E-state index in [9.17, 15) is 0 Å². The summed E-state index contributed by atoms with van der Waals surface area (Å²) in [5.74, 6) is 0. The Balaban J connectivity index is 2.16. The number of furan rings is 1. The van der Waals surface area contributed by atoms with E-state index >= 15 is 0 Å². The Kier molecular flexibility index (Phi) is 2.49. The van der Waals surface area contributed by atoms with Crippen LogP contribution in [0.25, 0.3) is 0 Å². The summed E-state index contributed by atoms with van der Waals surface area (Å²) in [7, 11) is 0. The normalized spacial score (nSPS) is 12.7. The van der Waals surface area contributed by atoms with Crippen molar-refractivity contribution >= 4 is 5.69 Å². The zero-order valence-electron chi connectivity index (χ0n) is 9.16. The lowest BCUT2D eigenvalue weighted by molar-refractivity contribution is 0.562. The van der Waals surface area contributed by atoms with E-state index in [1.807, 2.05) is 19.9 Å². The topological polar surface area (TPSA) is 53.9 Å². The lowest BCUT2D eigenvalue weighted by Crippen LogP contribution is -2.06. The molecule has 0 bridgehead atoms. The highest BCUT2D eigenvalue weighted by Crippen LogP contribution is 2.23. The van der Waals surface area contributed by atoms with Gasteiger partial charge in [0.25, 0.3) is 0 Å². The number of nitrogens with zero attached hydrogens (tertiary/aromatic N) is 1. The summed E-state index contributed by atoms with van der Waals surface area (Å²) >= 11 is 0. The van der Waals surface area contributed by atoms with Gasteiger partial charge in [0.1, 0.15) is 0 Å². The van der Waals surface area contributed by atoms with Gasteiger partial charge < -0.3 is 9.73 Å². The van der Waals surface area contributed by atoms with E-state index in [1.165, 1.54) is 0 Å². The molecule has 80 valence electrons. The molecule has 0 spiro atoms. The third-order valence-electron chi connectivity index (χ3n) is 2.53. The molecule has 4 nitrogen and oxygen atoms in total. The lowest BCUT2D eigenvalue weighted by Gasteiger charge is -2.13. The van der Waals surface area contributed by atoms with Gasteiger partial charge in [-0.1, -0.05) is 0 Å². The Hall–Kier alpha value is -1.71. The van der Waals surface area contributed by atoms with Crippen LogP contribution in [0, 0.1) is 13.8 Å². The van der Waals surface area contributed by atoms with Gasteiger partial charge in [-0.05, 0) is 26.8 Å². The molecule has 2 N–H and O–H groups in total. The Morgan fingerprint density at radius 3 is 2.80 bits per heavy atom. The molecule has 0 saturated heterocycles. The van der Waals surface area contributed by atoms with Gasteiger partial charge in [0.2, 0.25) is 0 Å². The molecule has 1 unspecified atom stereocenters. The maximum atomic E-state index is 5.05. The maximum Gasteiger partial charge on any atom is 0.0955 e. The zero-order valence-corrected chi connectivity index (χ0v) is 9.16. The fraction of sp³-hybridized carbons (Fsp3) is 0.364. The summed E-state index contributed by atoms with van der Waals surface area (Å²) in [4.78, 5) is 0. The first-order valence-corrected chi connectivity index (χ1v) is 4.98. The summed E-state index contributed by atoms with van der Waals surface area (Å²) in [5.41, 5.74) is 4.25. The number of rotatable bonds is 3. The highest BCUT2D eigenvalue weighted by atomic mass is 16.3. The molecule has 2 heterocycles. The molecular weight excluding hydrogens is 190 g/mol. The smallest absolute Gasteiger partial charge is 0.0955 e. The van der Waals surface area contributed by atoms with Crippen molar-refractivity contribution in [1.82, 2.24) is 10.2 Å². The van der Waals surface area contributed by atoms with E-state index in [4.69, 9.17) is 4.42 Å². The van der Waals surface area contributed by atoms with Crippen LogP contribution in [0.1, 0.15) is 29.9 Å². The SMILES string of the molecule is Cc1n[nH]c(C)c1NC(C)c1ccoc1. The molecule has 0 aliphatic rings. The van der Waals surface area contributed by atoms with Gasteiger partial charge in [-0.25, -0.2) is 0 Å². The quantitative estimate of drug-likeness (QED) is 0.810. The van der Waals surface area contributed by atoms with Crippen molar-refractivity contribution in [2.24, 2.45) is 0 Å². The average Bonchev–Trinajstić information content (AvgIpc) is 2.82. The van der Waals surface area contributed by atoms with E-state index in [2.05, 4.69) is 22.4 Å². The van der Waals surface area contributed by atoms with Crippen LogP contribution in [0.4, 0.5) is 5.69 Å². The van der Waals surface area contributed by atoms with Gasteiger partial charge in [0, 0.05) is 5.56 Å². The fourth-order valence-corrected chi connectivity index (χ4v) is 1.58. The minimum absolute atomic E-state index is 0.221. The van der Waals surface area contributed by atoms with Crippen LogP contribution in [-0.2, 0) is 0 Å². The molecule has 15 heavy (non-hydrogen) atoms. The number of aromatic nitrogens is 2. The van der Waals surface area contributed by atoms with Crippen LogP contribution in [-0.4, -0.2) is 10.2 Å². The maximum absolute atomic E-state index is 5.05. The van der Waals surface area contributed by atoms with Crippen molar-refractivity contribution in [3.05, 3.63) is 35.5 Å². The van der Waals surface area contributed by atoms with Crippen LogP contribution in [0.5, 0.6) is 0 Å². The van der Waals surface area contributed by atoms with E-state index < -0.39 is 0 Å². The van der Waals surface area contributed by atoms with Crippen molar-refractivity contribution in [3.63, 3.8) is 0 Å². The first kappa shape index (κ1) is 9.83. The molecule has 0 aliphatic carbocycles. The molecule has 0 fully saturated rings. The monoisotopic (exact) mass is 205 g/mol. The molecule has 2 rings (SSSR count). The molecule has 1 atom stereocenters. The number of aromatic amines is 1. The summed E-state index contributed by atoms with van der Waals surface area (Å²) in [5, 5.41) is 10.5. The molecule has 0 saturated carbocycles. The predicted octanol–water partition coefficient (Wildman–Crippen LogP) is 2.79. The second-order valence-electron chi connectivity index (χ2n) is 3.73. The Labute approximate surface area is 88.7 Å². The highest BCUT2D eigenvalue weighted by molar-refractivity contribution is 5.52. The van der Waals surface area contributed by atoms with Crippen molar-refractivity contribution in [2.45, 2.75) is 26.8 Å². The summed E-state index contributed by atoms with van der Waals surface area (Å²) in [6, 6.07) is 2.18. The largest absolute Gasteiger partial charge is 0.472 e. The Morgan fingerprint density at radius 1 is 1.47 bits per heavy atom. The minimum Gasteiger partial charge on any atom is -0.472 e. The third kappa shape index (κ3) is 1.88. The van der Waals surface area contributed by atoms with Crippen molar-refractivity contribution in [1.29, 1.82) is 0 Å². The van der Waals surface area contributed by atoms with E-state index in [-0.39, 0.29) is 6.04 Å². The van der Waals surface area contributed by atoms with Crippen LogP contribution < -0.4 is 5.32 Å². The molecular formula is C11H15N3O. The van der Waals surface area contributed by atoms with E-state index in [1.54, 1.807) is 12.5 Å². The van der Waals surface area contributed by atoms with E-state index in [0.29, 0.717) is 0 Å².